The maximum atomic E-state index is 13.9. The number of fused-ring (bicyclic) bond motifs is 1. The number of carbonyl (C=O) groups is 2. The summed E-state index contributed by atoms with van der Waals surface area (Å²) in [5.41, 5.74) is 4.55. The number of Topliss-reactive ketones (excluding diaryl/α,β-unsaturated/α-hetero) is 1. The molecule has 0 atom stereocenters. The summed E-state index contributed by atoms with van der Waals surface area (Å²) in [7, 11) is 0. The number of anilines is 1. The number of aryl methyl sites for hydroxylation is 1. The van der Waals surface area contributed by atoms with Crippen LogP contribution in [0.1, 0.15) is 35.7 Å². The molecule has 156 valence electrons. The second-order valence-electron chi connectivity index (χ2n) is 7.42. The van der Waals surface area contributed by atoms with Crippen LogP contribution < -0.4 is 5.32 Å². The molecule has 2 N–H and O–H groups in total. The van der Waals surface area contributed by atoms with Crippen molar-refractivity contribution in [2.75, 3.05) is 5.32 Å². The van der Waals surface area contributed by atoms with Gasteiger partial charge in [-0.25, -0.2) is 4.39 Å². The van der Waals surface area contributed by atoms with E-state index in [1.807, 2.05) is 18.2 Å². The fourth-order valence-corrected chi connectivity index (χ4v) is 3.67. The van der Waals surface area contributed by atoms with Crippen LogP contribution in [-0.4, -0.2) is 21.7 Å². The van der Waals surface area contributed by atoms with Crippen molar-refractivity contribution in [3.63, 3.8) is 0 Å². The summed E-state index contributed by atoms with van der Waals surface area (Å²) in [4.78, 5) is 31.7. The second-order valence-corrected chi connectivity index (χ2v) is 7.42. The van der Waals surface area contributed by atoms with E-state index in [1.54, 1.807) is 36.5 Å². The SMILES string of the molecule is CC(=O)c1cccc(NC(=O)CCCc2c(-c3ccccn3)[nH]c3ccc(F)cc23)c1. The van der Waals surface area contributed by atoms with Crippen molar-refractivity contribution in [1.82, 2.24) is 9.97 Å². The summed E-state index contributed by atoms with van der Waals surface area (Å²) in [6.07, 6.45) is 3.19. The lowest BCUT2D eigenvalue weighted by Crippen LogP contribution is -2.12. The van der Waals surface area contributed by atoms with Crippen LogP contribution in [0.3, 0.4) is 0 Å². The van der Waals surface area contributed by atoms with Crippen LogP contribution in [0, 0.1) is 5.82 Å². The van der Waals surface area contributed by atoms with Crippen LogP contribution in [0.25, 0.3) is 22.3 Å². The number of nitrogens with zero attached hydrogens (tertiary/aromatic N) is 1. The first kappa shape index (κ1) is 20.5. The van der Waals surface area contributed by atoms with Gasteiger partial charge in [-0.3, -0.25) is 14.6 Å². The summed E-state index contributed by atoms with van der Waals surface area (Å²) < 4.78 is 13.9. The third-order valence-corrected chi connectivity index (χ3v) is 5.17. The number of hydrogen-bond donors (Lipinski definition) is 2. The zero-order chi connectivity index (χ0) is 21.8. The fraction of sp³-hybridized carbons (Fsp3) is 0.160. The minimum absolute atomic E-state index is 0.0512. The maximum Gasteiger partial charge on any atom is 0.224 e. The Morgan fingerprint density at radius 1 is 1.06 bits per heavy atom. The van der Waals surface area contributed by atoms with E-state index in [0.29, 0.717) is 30.5 Å². The normalized spacial score (nSPS) is 10.9. The number of nitrogens with one attached hydrogen (secondary N) is 2. The van der Waals surface area contributed by atoms with Gasteiger partial charge in [-0.1, -0.05) is 18.2 Å². The van der Waals surface area contributed by atoms with Crippen molar-refractivity contribution in [3.05, 3.63) is 83.8 Å². The van der Waals surface area contributed by atoms with Gasteiger partial charge in [-0.15, -0.1) is 0 Å². The predicted molar refractivity (Wildman–Crippen MR) is 120 cm³/mol. The molecule has 0 aliphatic rings. The first-order chi connectivity index (χ1) is 15.0. The highest BCUT2D eigenvalue weighted by molar-refractivity contribution is 5.97. The average molecular weight is 415 g/mol. The van der Waals surface area contributed by atoms with Crippen molar-refractivity contribution in [2.24, 2.45) is 0 Å². The number of H-pyrrole nitrogens is 1. The summed E-state index contributed by atoms with van der Waals surface area (Å²) >= 11 is 0. The first-order valence-electron chi connectivity index (χ1n) is 10.1. The van der Waals surface area contributed by atoms with E-state index in [4.69, 9.17) is 0 Å². The van der Waals surface area contributed by atoms with E-state index in [0.717, 1.165) is 27.9 Å². The van der Waals surface area contributed by atoms with Gasteiger partial charge in [0.1, 0.15) is 5.82 Å². The smallest absolute Gasteiger partial charge is 0.224 e. The molecule has 0 radical (unpaired) electrons. The van der Waals surface area contributed by atoms with Crippen molar-refractivity contribution in [1.29, 1.82) is 0 Å². The molecule has 5 nitrogen and oxygen atoms in total. The van der Waals surface area contributed by atoms with Crippen LogP contribution >= 0.6 is 0 Å². The number of halogens is 1. The Kier molecular flexibility index (Phi) is 5.89. The standard InChI is InChI=1S/C25H22FN3O2/c1-16(30)17-6-4-7-19(14-17)28-24(31)10-5-8-20-21-15-18(26)11-12-22(21)29-25(20)23-9-2-3-13-27-23/h2-4,6-7,9,11-15,29H,5,8,10H2,1H3,(H,28,31). The molecule has 4 rings (SSSR count). The summed E-state index contributed by atoms with van der Waals surface area (Å²) in [5, 5.41) is 3.64. The maximum absolute atomic E-state index is 13.9. The lowest BCUT2D eigenvalue weighted by Gasteiger charge is -2.07. The van der Waals surface area contributed by atoms with E-state index in [2.05, 4.69) is 15.3 Å². The van der Waals surface area contributed by atoms with Gasteiger partial charge in [0.2, 0.25) is 5.91 Å². The zero-order valence-electron chi connectivity index (χ0n) is 17.1. The van der Waals surface area contributed by atoms with Gasteiger partial charge in [-0.05, 0) is 67.8 Å². The van der Waals surface area contributed by atoms with Gasteiger partial charge in [-0.2, -0.15) is 0 Å². The molecule has 0 unspecified atom stereocenters. The van der Waals surface area contributed by atoms with Crippen LogP contribution in [0.2, 0.25) is 0 Å². The number of benzene rings is 2. The number of ketones is 1. The number of pyridine rings is 1. The largest absolute Gasteiger partial charge is 0.353 e. The molecule has 1 amide bonds. The van der Waals surface area contributed by atoms with Gasteiger partial charge < -0.3 is 10.3 Å². The van der Waals surface area contributed by atoms with Crippen molar-refractivity contribution < 1.29 is 14.0 Å². The quantitative estimate of drug-likeness (QED) is 0.390. The average Bonchev–Trinajstić information content (AvgIpc) is 3.12. The van der Waals surface area contributed by atoms with Gasteiger partial charge in [0.05, 0.1) is 11.4 Å². The highest BCUT2D eigenvalue weighted by Crippen LogP contribution is 2.31. The van der Waals surface area contributed by atoms with Gasteiger partial charge in [0.25, 0.3) is 0 Å². The zero-order valence-corrected chi connectivity index (χ0v) is 17.1. The van der Waals surface area contributed by atoms with Crippen molar-refractivity contribution >= 4 is 28.3 Å². The molecule has 0 saturated heterocycles. The molecule has 0 aliphatic carbocycles. The van der Waals surface area contributed by atoms with Crippen LogP contribution in [0.4, 0.5) is 10.1 Å². The summed E-state index contributed by atoms with van der Waals surface area (Å²) in [6, 6.07) is 17.2. The van der Waals surface area contributed by atoms with E-state index < -0.39 is 0 Å². The Bertz CT molecular complexity index is 1250. The molecule has 2 heterocycles. The van der Waals surface area contributed by atoms with Crippen LogP contribution in [0.5, 0.6) is 0 Å². The number of amides is 1. The monoisotopic (exact) mass is 415 g/mol. The summed E-state index contributed by atoms with van der Waals surface area (Å²) in [5.74, 6) is -0.487. The molecule has 6 heteroatoms. The molecule has 0 fully saturated rings. The highest BCUT2D eigenvalue weighted by atomic mass is 19.1. The predicted octanol–water partition coefficient (Wildman–Crippen LogP) is 5.53. The number of rotatable bonds is 7. The lowest BCUT2D eigenvalue weighted by atomic mass is 10.0. The second kappa shape index (κ2) is 8.92. The van der Waals surface area contributed by atoms with Gasteiger partial charge in [0.15, 0.2) is 5.78 Å². The molecule has 0 saturated carbocycles. The van der Waals surface area contributed by atoms with Crippen molar-refractivity contribution in [3.8, 4) is 11.4 Å². The first-order valence-corrected chi connectivity index (χ1v) is 10.1. The number of carbonyl (C=O) groups excluding carboxylic acids is 2. The van der Waals surface area contributed by atoms with Crippen LogP contribution in [0.15, 0.2) is 66.9 Å². The third kappa shape index (κ3) is 4.69. The summed E-state index contributed by atoms with van der Waals surface area (Å²) in [6.45, 7) is 1.49. The molecule has 0 aliphatic heterocycles. The number of hydrogen-bond acceptors (Lipinski definition) is 3. The molecule has 31 heavy (non-hydrogen) atoms. The van der Waals surface area contributed by atoms with Crippen molar-refractivity contribution in [2.45, 2.75) is 26.2 Å². The fourth-order valence-electron chi connectivity index (χ4n) is 3.67. The highest BCUT2D eigenvalue weighted by Gasteiger charge is 2.15. The minimum atomic E-state index is -0.302. The van der Waals surface area contributed by atoms with E-state index in [9.17, 15) is 14.0 Å². The molecule has 4 aromatic rings. The number of aromatic amines is 1. The van der Waals surface area contributed by atoms with E-state index in [-0.39, 0.29) is 17.5 Å². The van der Waals surface area contributed by atoms with Crippen LogP contribution in [-0.2, 0) is 11.2 Å². The Morgan fingerprint density at radius 3 is 2.71 bits per heavy atom. The molecule has 2 aromatic carbocycles. The Labute approximate surface area is 179 Å². The Hall–Kier alpha value is -3.80. The Morgan fingerprint density at radius 2 is 1.94 bits per heavy atom. The molecular formula is C25H22FN3O2. The van der Waals surface area contributed by atoms with Gasteiger partial charge >= 0.3 is 0 Å². The van der Waals surface area contributed by atoms with E-state index in [1.165, 1.54) is 19.1 Å². The molecule has 2 aromatic heterocycles. The Balaban J connectivity index is 1.50. The number of aromatic nitrogens is 2. The molecular weight excluding hydrogens is 393 g/mol. The minimum Gasteiger partial charge on any atom is -0.353 e. The van der Waals surface area contributed by atoms with Gasteiger partial charge in [0, 0.05) is 34.8 Å². The van der Waals surface area contributed by atoms with E-state index >= 15 is 0 Å². The molecule has 0 spiro atoms. The third-order valence-electron chi connectivity index (χ3n) is 5.17. The lowest BCUT2D eigenvalue weighted by molar-refractivity contribution is -0.116. The molecule has 0 bridgehead atoms. The topological polar surface area (TPSA) is 74.8 Å².